The number of hydrogen-bond donors (Lipinski definition) is 0. The summed E-state index contributed by atoms with van der Waals surface area (Å²) in [6.07, 6.45) is 1.56. The molecule has 3 aromatic carbocycles. The van der Waals surface area contributed by atoms with E-state index in [4.69, 9.17) is 23.7 Å². The molecule has 0 amide bonds. The molecule has 9 heteroatoms. The van der Waals surface area contributed by atoms with Crippen LogP contribution < -0.4 is 18.9 Å². The maximum absolute atomic E-state index is 12.4. The Hall–Kier alpha value is -4.11. The van der Waals surface area contributed by atoms with Crippen LogP contribution in [0.2, 0.25) is 0 Å². The van der Waals surface area contributed by atoms with Gasteiger partial charge in [-0.05, 0) is 66.2 Å². The summed E-state index contributed by atoms with van der Waals surface area (Å²) in [4.78, 5) is 29.1. The highest BCUT2D eigenvalue weighted by Crippen LogP contribution is 2.34. The molecule has 2 aliphatic heterocycles. The molecule has 0 atom stereocenters. The van der Waals surface area contributed by atoms with Gasteiger partial charge in [0.1, 0.15) is 0 Å². The number of fused-ring (bicyclic) bond motifs is 1. The van der Waals surface area contributed by atoms with Gasteiger partial charge in [0.15, 0.2) is 28.7 Å². The van der Waals surface area contributed by atoms with E-state index >= 15 is 0 Å². The Balaban J connectivity index is 1.37. The van der Waals surface area contributed by atoms with Crippen molar-refractivity contribution >= 4 is 39.8 Å². The topological polar surface area (TPSA) is 92.7 Å². The lowest BCUT2D eigenvalue weighted by atomic mass is 10.1. The number of ether oxygens (including phenoxy) is 5. The molecule has 34 heavy (non-hydrogen) atoms. The second kappa shape index (κ2) is 9.03. The summed E-state index contributed by atoms with van der Waals surface area (Å²) in [7, 11) is 1.46. The van der Waals surface area contributed by atoms with Crippen LogP contribution in [0.5, 0.6) is 23.0 Å². The van der Waals surface area contributed by atoms with E-state index in [0.717, 1.165) is 4.47 Å². The predicted molar refractivity (Wildman–Crippen MR) is 125 cm³/mol. The number of carbonyl (C=O) groups is 2. The lowest BCUT2D eigenvalue weighted by Gasteiger charge is -2.10. The van der Waals surface area contributed by atoms with E-state index in [9.17, 15) is 9.59 Å². The molecule has 2 heterocycles. The summed E-state index contributed by atoms with van der Waals surface area (Å²) >= 11 is 3.33. The Bertz CT molecular complexity index is 1360. The Labute approximate surface area is 202 Å². The Morgan fingerprint density at radius 2 is 1.79 bits per heavy atom. The molecule has 2 aliphatic rings. The molecule has 0 saturated carbocycles. The Kier molecular flexibility index (Phi) is 5.77. The lowest BCUT2D eigenvalue weighted by molar-refractivity contribution is -0.129. The minimum Gasteiger partial charge on any atom is -0.493 e. The van der Waals surface area contributed by atoms with Gasteiger partial charge in [-0.1, -0.05) is 22.0 Å². The molecule has 0 aromatic heterocycles. The first-order valence-electron chi connectivity index (χ1n) is 10.1. The van der Waals surface area contributed by atoms with Crippen LogP contribution in [0.3, 0.4) is 0 Å². The zero-order valence-corrected chi connectivity index (χ0v) is 19.3. The molecular formula is C25H16BrNO7. The number of nitrogens with zero attached hydrogens (tertiary/aromatic N) is 1. The van der Waals surface area contributed by atoms with Gasteiger partial charge in [-0.2, -0.15) is 0 Å². The zero-order chi connectivity index (χ0) is 23.7. The van der Waals surface area contributed by atoms with Crippen molar-refractivity contribution in [2.75, 3.05) is 13.9 Å². The van der Waals surface area contributed by atoms with Gasteiger partial charge in [0, 0.05) is 10.0 Å². The minimum atomic E-state index is -0.586. The van der Waals surface area contributed by atoms with Crippen molar-refractivity contribution in [2.45, 2.75) is 0 Å². The fraction of sp³-hybridized carbons (Fsp3) is 0.0800. The summed E-state index contributed by atoms with van der Waals surface area (Å²) in [5.74, 6) is 0.819. The van der Waals surface area contributed by atoms with Crippen molar-refractivity contribution in [1.82, 2.24) is 0 Å². The number of halogens is 1. The number of benzene rings is 3. The molecule has 0 fully saturated rings. The first-order valence-corrected chi connectivity index (χ1v) is 10.9. The van der Waals surface area contributed by atoms with Gasteiger partial charge in [0.2, 0.25) is 12.7 Å². The van der Waals surface area contributed by atoms with Crippen LogP contribution in [0.1, 0.15) is 21.5 Å². The fourth-order valence-corrected chi connectivity index (χ4v) is 3.59. The second-order valence-electron chi connectivity index (χ2n) is 7.21. The van der Waals surface area contributed by atoms with E-state index in [2.05, 4.69) is 20.9 Å². The third-order valence-electron chi connectivity index (χ3n) is 5.01. The molecule has 0 N–H and O–H groups in total. The normalized spacial score (nSPS) is 15.2. The maximum Gasteiger partial charge on any atom is 0.363 e. The average Bonchev–Trinajstić information content (AvgIpc) is 3.46. The average molecular weight is 522 g/mol. The smallest absolute Gasteiger partial charge is 0.363 e. The molecule has 0 bridgehead atoms. The van der Waals surface area contributed by atoms with Gasteiger partial charge in [0.25, 0.3) is 0 Å². The summed E-state index contributed by atoms with van der Waals surface area (Å²) in [5.41, 5.74) is 1.72. The quantitative estimate of drug-likeness (QED) is 0.271. The Morgan fingerprint density at radius 1 is 1.00 bits per heavy atom. The SMILES string of the molecule is COc1cc(/C=C2/N=C(c3ccc4c(c3)OCO4)OC2=O)ccc1OC(=O)c1ccc(Br)cc1. The molecule has 0 unspecified atom stereocenters. The largest absolute Gasteiger partial charge is 0.493 e. The van der Waals surface area contributed by atoms with Crippen LogP contribution in [-0.2, 0) is 9.53 Å². The molecule has 5 rings (SSSR count). The minimum absolute atomic E-state index is 0.120. The summed E-state index contributed by atoms with van der Waals surface area (Å²) in [6.45, 7) is 0.145. The van der Waals surface area contributed by atoms with Gasteiger partial charge in [-0.3, -0.25) is 0 Å². The van der Waals surface area contributed by atoms with Crippen LogP contribution in [0, 0.1) is 0 Å². The highest BCUT2D eigenvalue weighted by Gasteiger charge is 2.26. The van der Waals surface area contributed by atoms with E-state index < -0.39 is 11.9 Å². The van der Waals surface area contributed by atoms with Crippen molar-refractivity contribution in [1.29, 1.82) is 0 Å². The number of esters is 2. The van der Waals surface area contributed by atoms with Crippen molar-refractivity contribution in [2.24, 2.45) is 4.99 Å². The van der Waals surface area contributed by atoms with Crippen LogP contribution in [0.25, 0.3) is 6.08 Å². The third-order valence-corrected chi connectivity index (χ3v) is 5.54. The lowest BCUT2D eigenvalue weighted by Crippen LogP contribution is -2.09. The number of aliphatic imine (C=N–C) groups is 1. The van der Waals surface area contributed by atoms with Crippen molar-refractivity contribution in [3.8, 4) is 23.0 Å². The van der Waals surface area contributed by atoms with Crippen LogP contribution >= 0.6 is 15.9 Å². The van der Waals surface area contributed by atoms with Gasteiger partial charge in [-0.15, -0.1) is 0 Å². The number of cyclic esters (lactones) is 1. The third kappa shape index (κ3) is 4.38. The van der Waals surface area contributed by atoms with Crippen molar-refractivity contribution in [3.05, 3.63) is 87.5 Å². The van der Waals surface area contributed by atoms with Crippen molar-refractivity contribution < 1.29 is 33.3 Å². The fourth-order valence-electron chi connectivity index (χ4n) is 3.32. The van der Waals surface area contributed by atoms with E-state index in [1.165, 1.54) is 7.11 Å². The molecule has 0 saturated heterocycles. The van der Waals surface area contributed by atoms with Gasteiger partial charge >= 0.3 is 11.9 Å². The van der Waals surface area contributed by atoms with Gasteiger partial charge in [-0.25, -0.2) is 14.6 Å². The van der Waals surface area contributed by atoms with E-state index in [1.807, 2.05) is 0 Å². The predicted octanol–water partition coefficient (Wildman–Crippen LogP) is 4.75. The molecule has 3 aromatic rings. The van der Waals surface area contributed by atoms with Crippen molar-refractivity contribution in [3.63, 3.8) is 0 Å². The maximum atomic E-state index is 12.4. The number of methoxy groups -OCH3 is 1. The first-order chi connectivity index (χ1) is 16.5. The second-order valence-corrected chi connectivity index (χ2v) is 8.13. The number of hydrogen-bond acceptors (Lipinski definition) is 8. The summed E-state index contributed by atoms with van der Waals surface area (Å²) in [6, 6.07) is 16.9. The van der Waals surface area contributed by atoms with Gasteiger partial charge < -0.3 is 23.7 Å². The highest BCUT2D eigenvalue weighted by molar-refractivity contribution is 9.10. The molecule has 0 aliphatic carbocycles. The number of carbonyl (C=O) groups excluding carboxylic acids is 2. The molecule has 170 valence electrons. The van der Waals surface area contributed by atoms with Crippen LogP contribution in [0.15, 0.2) is 75.8 Å². The van der Waals surface area contributed by atoms with Crippen LogP contribution in [0.4, 0.5) is 0 Å². The van der Waals surface area contributed by atoms with E-state index in [-0.39, 0.29) is 24.1 Å². The molecule has 0 radical (unpaired) electrons. The van der Waals surface area contributed by atoms with E-state index in [0.29, 0.717) is 33.9 Å². The summed E-state index contributed by atoms with van der Waals surface area (Å²) in [5, 5.41) is 0. The van der Waals surface area contributed by atoms with Crippen LogP contribution in [-0.4, -0.2) is 31.7 Å². The molecule has 8 nitrogen and oxygen atoms in total. The molecular weight excluding hydrogens is 506 g/mol. The standard InChI is InChI=1S/C25H16BrNO7/c1-30-21-11-14(2-8-20(21)33-24(28)15-3-6-17(26)7-4-15)10-18-25(29)34-23(27-18)16-5-9-19-22(12-16)32-13-31-19/h2-12H,13H2,1H3/b18-10+. The number of rotatable bonds is 5. The van der Waals surface area contributed by atoms with E-state index in [1.54, 1.807) is 66.7 Å². The zero-order valence-electron chi connectivity index (χ0n) is 17.7. The van der Waals surface area contributed by atoms with Gasteiger partial charge in [0.05, 0.1) is 12.7 Å². The Morgan fingerprint density at radius 3 is 2.59 bits per heavy atom. The highest BCUT2D eigenvalue weighted by atomic mass is 79.9. The molecule has 0 spiro atoms. The summed E-state index contributed by atoms with van der Waals surface area (Å²) < 4.78 is 27.7. The first kappa shape index (κ1) is 21.7. The monoisotopic (exact) mass is 521 g/mol.